The summed E-state index contributed by atoms with van der Waals surface area (Å²) in [6.45, 7) is 1.92. The van der Waals surface area contributed by atoms with E-state index in [1.54, 1.807) is 18.9 Å². The molecular formula is C20H22IN3O2S. The van der Waals surface area contributed by atoms with Gasteiger partial charge >= 0.3 is 5.17 Å². The van der Waals surface area contributed by atoms with Crippen molar-refractivity contribution in [2.75, 3.05) is 18.7 Å². The van der Waals surface area contributed by atoms with Gasteiger partial charge in [-0.2, -0.15) is 0 Å². The minimum Gasteiger partial charge on any atom is -1.00 e. The Morgan fingerprint density at radius 3 is 2.41 bits per heavy atom. The van der Waals surface area contributed by atoms with Crippen molar-refractivity contribution in [2.45, 2.75) is 13.0 Å². The monoisotopic (exact) mass is 495 g/mol. The number of benzene rings is 2. The van der Waals surface area contributed by atoms with E-state index in [-0.39, 0.29) is 35.9 Å². The number of nitrogens with one attached hydrogen (secondary N) is 3. The van der Waals surface area contributed by atoms with E-state index in [1.807, 2.05) is 67.8 Å². The molecule has 7 heteroatoms. The zero-order valence-corrected chi connectivity index (χ0v) is 18.4. The first-order chi connectivity index (χ1) is 12.6. The quantitative estimate of drug-likeness (QED) is 0.480. The van der Waals surface area contributed by atoms with Crippen LogP contribution in [0.2, 0.25) is 0 Å². The summed E-state index contributed by atoms with van der Waals surface area (Å²) < 4.78 is 5.24. The highest BCUT2D eigenvalue weighted by Gasteiger charge is 2.33. The van der Waals surface area contributed by atoms with Gasteiger partial charge in [0.2, 0.25) is 0 Å². The Morgan fingerprint density at radius 2 is 1.81 bits per heavy atom. The van der Waals surface area contributed by atoms with Crippen LogP contribution in [0.25, 0.3) is 0 Å². The number of carbonyl (C=O) groups is 1. The molecule has 0 spiro atoms. The van der Waals surface area contributed by atoms with Gasteiger partial charge in [-0.25, -0.2) is 5.32 Å². The third-order valence-corrected chi connectivity index (χ3v) is 4.83. The Kier molecular flexibility index (Phi) is 7.73. The number of amidine groups is 1. The maximum atomic E-state index is 13.0. The molecule has 0 saturated heterocycles. The molecule has 1 atom stereocenters. The van der Waals surface area contributed by atoms with Crippen molar-refractivity contribution in [3.8, 4) is 5.75 Å². The summed E-state index contributed by atoms with van der Waals surface area (Å²) in [7, 11) is 1.64. The van der Waals surface area contributed by atoms with Gasteiger partial charge in [-0.3, -0.25) is 9.79 Å². The van der Waals surface area contributed by atoms with Gasteiger partial charge in [0.1, 0.15) is 17.0 Å². The van der Waals surface area contributed by atoms with Crippen LogP contribution in [0.15, 0.2) is 65.9 Å². The number of amides is 1. The fourth-order valence-electron chi connectivity index (χ4n) is 2.87. The fourth-order valence-corrected chi connectivity index (χ4v) is 3.36. The van der Waals surface area contributed by atoms with E-state index in [0.717, 1.165) is 27.9 Å². The first-order valence-corrected chi connectivity index (χ1v) is 9.50. The molecule has 0 saturated carbocycles. The Morgan fingerprint density at radius 1 is 1.15 bits per heavy atom. The van der Waals surface area contributed by atoms with Crippen LogP contribution in [-0.4, -0.2) is 24.4 Å². The highest BCUT2D eigenvalue weighted by Crippen LogP contribution is 2.25. The van der Waals surface area contributed by atoms with E-state index in [2.05, 4.69) is 15.6 Å². The summed E-state index contributed by atoms with van der Waals surface area (Å²) in [4.78, 5) is 16.4. The van der Waals surface area contributed by atoms with Crippen LogP contribution in [0.4, 0.5) is 5.69 Å². The van der Waals surface area contributed by atoms with Crippen molar-refractivity contribution in [1.82, 2.24) is 5.32 Å². The summed E-state index contributed by atoms with van der Waals surface area (Å²) in [5.74, 6) is 0.655. The van der Waals surface area contributed by atoms with Crippen molar-refractivity contribution in [3.05, 3.63) is 71.4 Å². The molecule has 0 fully saturated rings. The maximum absolute atomic E-state index is 13.0. The van der Waals surface area contributed by atoms with Gasteiger partial charge in [0.25, 0.3) is 5.91 Å². The number of ether oxygens (including phenoxy) is 1. The van der Waals surface area contributed by atoms with E-state index in [1.165, 1.54) is 0 Å². The summed E-state index contributed by atoms with van der Waals surface area (Å²) in [5.41, 5.74) is 3.27. The molecule has 1 heterocycles. The number of carbonyl (C=O) groups excluding carboxylic acids is 1. The molecule has 27 heavy (non-hydrogen) atoms. The standard InChI is InChI=1S/C20H21N3O2S.HI/c1-13-17(19(24)22-15-7-5-4-6-8-15)18(23-20(21-13)26-3)14-9-11-16(25-2)12-10-14;/h4-12,18H,1-3H3,(H,21,23)(H,22,24);1H. The zero-order valence-electron chi connectivity index (χ0n) is 15.4. The van der Waals surface area contributed by atoms with Crippen LogP contribution < -0.4 is 44.3 Å². The van der Waals surface area contributed by atoms with Crippen LogP contribution in [0.5, 0.6) is 5.75 Å². The molecule has 1 aliphatic heterocycles. The van der Waals surface area contributed by atoms with Crippen molar-refractivity contribution < 1.29 is 38.5 Å². The summed E-state index contributed by atoms with van der Waals surface area (Å²) in [6, 6.07) is 17.0. The highest BCUT2D eigenvalue weighted by molar-refractivity contribution is 8.12. The maximum Gasteiger partial charge on any atom is 0.309 e. The number of halogens is 1. The second-order valence-electron chi connectivity index (χ2n) is 5.87. The zero-order chi connectivity index (χ0) is 18.5. The number of hydrogen-bond donors (Lipinski definition) is 3. The predicted molar refractivity (Wildman–Crippen MR) is 106 cm³/mol. The molecular weight excluding hydrogens is 473 g/mol. The molecule has 1 unspecified atom stereocenters. The van der Waals surface area contributed by atoms with Crippen LogP contribution >= 0.6 is 11.8 Å². The summed E-state index contributed by atoms with van der Waals surface area (Å²) >= 11 is 1.58. The van der Waals surface area contributed by atoms with Gasteiger partial charge in [-0.1, -0.05) is 30.3 Å². The molecule has 2 aromatic carbocycles. The first kappa shape index (κ1) is 21.3. The third kappa shape index (κ3) is 5.04. The van der Waals surface area contributed by atoms with E-state index in [9.17, 15) is 4.79 Å². The van der Waals surface area contributed by atoms with Gasteiger partial charge in [0.15, 0.2) is 6.04 Å². The predicted octanol–water partition coefficient (Wildman–Crippen LogP) is -0.944. The first-order valence-electron chi connectivity index (χ1n) is 8.28. The molecule has 5 nitrogen and oxygen atoms in total. The van der Waals surface area contributed by atoms with Crippen molar-refractivity contribution in [3.63, 3.8) is 0 Å². The molecule has 142 valence electrons. The summed E-state index contributed by atoms with van der Waals surface area (Å²) in [5, 5.41) is 7.16. The number of hydrogen-bond acceptors (Lipinski definition) is 4. The smallest absolute Gasteiger partial charge is 0.309 e. The Bertz CT molecular complexity index is 851. The van der Waals surface area contributed by atoms with E-state index in [4.69, 9.17) is 4.74 Å². The Hall–Kier alpha value is -2.00. The van der Waals surface area contributed by atoms with Crippen molar-refractivity contribution in [1.29, 1.82) is 0 Å². The van der Waals surface area contributed by atoms with E-state index < -0.39 is 0 Å². The average molecular weight is 495 g/mol. The van der Waals surface area contributed by atoms with Crippen LogP contribution in [0.3, 0.4) is 0 Å². The molecule has 3 N–H and O–H groups in total. The van der Waals surface area contributed by atoms with Gasteiger partial charge in [-0.05, 0) is 49.2 Å². The lowest BCUT2D eigenvalue weighted by molar-refractivity contribution is -0.498. The second-order valence-corrected chi connectivity index (χ2v) is 6.68. The van der Waals surface area contributed by atoms with Crippen LogP contribution in [0.1, 0.15) is 18.5 Å². The average Bonchev–Trinajstić information content (AvgIpc) is 2.68. The topological polar surface area (TPSA) is 64.3 Å². The largest absolute Gasteiger partial charge is 1.00 e. The normalized spacial score (nSPS) is 16.0. The molecule has 1 amide bonds. The third-order valence-electron chi connectivity index (χ3n) is 4.20. The molecule has 0 aliphatic carbocycles. The van der Waals surface area contributed by atoms with Crippen molar-refractivity contribution in [2.24, 2.45) is 0 Å². The molecule has 0 radical (unpaired) electrons. The number of methoxy groups -OCH3 is 1. The molecule has 2 aromatic rings. The van der Waals surface area contributed by atoms with Crippen molar-refractivity contribution >= 4 is 28.5 Å². The Labute approximate surface area is 180 Å². The fraction of sp³-hybridized carbons (Fsp3) is 0.200. The van der Waals surface area contributed by atoms with Gasteiger partial charge in [0, 0.05) is 11.3 Å². The lowest BCUT2D eigenvalue weighted by atomic mass is 9.95. The van der Waals surface area contributed by atoms with Gasteiger partial charge in [-0.15, -0.1) is 0 Å². The molecule has 0 bridgehead atoms. The number of rotatable bonds is 4. The summed E-state index contributed by atoms with van der Waals surface area (Å²) in [6.07, 6.45) is 1.99. The molecule has 1 aliphatic rings. The minimum atomic E-state index is -0.242. The lowest BCUT2D eigenvalue weighted by Gasteiger charge is -2.21. The SMILES string of the molecule is COc1ccc(C2[NH+]=C(SC)NC(C)=C2C(=O)Nc2ccccc2)cc1.[I-]. The van der Waals surface area contributed by atoms with Crippen LogP contribution in [-0.2, 0) is 4.79 Å². The number of thioether (sulfide) groups is 1. The van der Waals surface area contributed by atoms with Crippen LogP contribution in [0, 0.1) is 0 Å². The number of allylic oxidation sites excluding steroid dienone is 1. The second kappa shape index (κ2) is 9.80. The minimum absolute atomic E-state index is 0. The molecule has 3 rings (SSSR count). The van der Waals surface area contributed by atoms with E-state index >= 15 is 0 Å². The van der Waals surface area contributed by atoms with E-state index in [0.29, 0.717) is 5.57 Å². The Balaban J connectivity index is 0.00000261. The number of para-hydroxylation sites is 1. The lowest BCUT2D eigenvalue weighted by Crippen LogP contribution is -3.00. The van der Waals surface area contributed by atoms with Gasteiger partial charge < -0.3 is 34.0 Å². The number of anilines is 1. The molecule has 0 aromatic heterocycles. The highest BCUT2D eigenvalue weighted by atomic mass is 127. The van der Waals surface area contributed by atoms with Gasteiger partial charge in [0.05, 0.1) is 7.11 Å².